The van der Waals surface area contributed by atoms with E-state index < -0.39 is 0 Å². The van der Waals surface area contributed by atoms with Gasteiger partial charge in [-0.3, -0.25) is 0 Å². The van der Waals surface area contributed by atoms with E-state index in [-0.39, 0.29) is 17.1 Å². The fourth-order valence-corrected chi connectivity index (χ4v) is 2.63. The zero-order valence-corrected chi connectivity index (χ0v) is 13.0. The van der Waals surface area contributed by atoms with Crippen LogP contribution in [0.5, 0.6) is 0 Å². The number of hydrogen-bond donors (Lipinski definition) is 1. The summed E-state index contributed by atoms with van der Waals surface area (Å²) in [6, 6.07) is 9.09. The summed E-state index contributed by atoms with van der Waals surface area (Å²) in [7, 11) is 0. The van der Waals surface area contributed by atoms with Gasteiger partial charge in [-0.25, -0.2) is 0 Å². The van der Waals surface area contributed by atoms with E-state index in [4.69, 9.17) is 0 Å². The molecule has 2 fully saturated rings. The Labute approximate surface area is 140 Å². The van der Waals surface area contributed by atoms with E-state index in [0.717, 1.165) is 0 Å². The van der Waals surface area contributed by atoms with Crippen LogP contribution in [0.2, 0.25) is 0 Å². The number of nitrogens with one attached hydrogen (secondary N) is 1. The standard InChI is InChI=1S/C14H14N.C5H5.Fe/c1-2-6-11(5-1)14-10-9-12-7-3-4-8-13(12)15-14;1-2-4-5-3-1;/h1-8,14-15H,9-10H2;1-5H;/q;;+2. The molecule has 2 heteroatoms. The molecule has 1 heterocycles. The summed E-state index contributed by atoms with van der Waals surface area (Å²) in [6.45, 7) is 0. The monoisotopic (exact) mass is 317 g/mol. The van der Waals surface area contributed by atoms with Crippen LogP contribution >= 0.6 is 0 Å². The molecule has 2 saturated carbocycles. The van der Waals surface area contributed by atoms with Gasteiger partial charge in [0.25, 0.3) is 0 Å². The molecule has 0 amide bonds. The summed E-state index contributed by atoms with van der Waals surface area (Å²) in [5.74, 6) is 1.41. The van der Waals surface area contributed by atoms with Gasteiger partial charge in [0.2, 0.25) is 0 Å². The van der Waals surface area contributed by atoms with Gasteiger partial charge in [0.1, 0.15) is 0 Å². The van der Waals surface area contributed by atoms with Crippen molar-refractivity contribution in [2.45, 2.75) is 18.9 Å². The van der Waals surface area contributed by atoms with E-state index >= 15 is 0 Å². The Morgan fingerprint density at radius 2 is 1.43 bits per heavy atom. The second-order valence-electron chi connectivity index (χ2n) is 5.07. The fourth-order valence-electron chi connectivity index (χ4n) is 2.63. The molecule has 10 radical (unpaired) electrons. The van der Waals surface area contributed by atoms with Crippen LogP contribution < -0.4 is 5.32 Å². The Morgan fingerprint density at radius 3 is 2.10 bits per heavy atom. The van der Waals surface area contributed by atoms with Crippen LogP contribution in [-0.2, 0) is 23.5 Å². The summed E-state index contributed by atoms with van der Waals surface area (Å²) in [5.41, 5.74) is 2.75. The number of hydrogen-bond acceptors (Lipinski definition) is 1. The maximum atomic E-state index is 3.60. The number of benzene rings is 1. The van der Waals surface area contributed by atoms with Crippen LogP contribution in [0.4, 0.5) is 5.69 Å². The Morgan fingerprint density at radius 1 is 0.810 bits per heavy atom. The molecule has 0 aromatic heterocycles. The van der Waals surface area contributed by atoms with Crippen molar-refractivity contribution in [3.05, 3.63) is 93.5 Å². The van der Waals surface area contributed by atoms with Crippen molar-refractivity contribution in [3.8, 4) is 0 Å². The summed E-state index contributed by atoms with van der Waals surface area (Å²) in [6.07, 6.45) is 21.0. The molecule has 1 unspecified atom stereocenters. The average Bonchev–Trinajstić information content (AvgIpc) is 3.22. The third-order valence-corrected chi connectivity index (χ3v) is 3.70. The first-order valence-electron chi connectivity index (χ1n) is 7.16. The van der Waals surface area contributed by atoms with E-state index in [1.165, 1.54) is 30.0 Å². The Bertz CT molecular complexity index is 400. The van der Waals surface area contributed by atoms with Gasteiger partial charge in [0.05, 0.1) is 0 Å². The maximum Gasteiger partial charge on any atom is 2.00 e. The molecule has 106 valence electrons. The number of para-hydroxylation sites is 1. The molecule has 1 aliphatic heterocycles. The summed E-state index contributed by atoms with van der Waals surface area (Å²) in [4.78, 5) is 0. The van der Waals surface area contributed by atoms with Crippen LogP contribution in [0.3, 0.4) is 0 Å². The van der Waals surface area contributed by atoms with Crippen molar-refractivity contribution in [3.63, 3.8) is 0 Å². The molecule has 3 aliphatic rings. The molecule has 0 saturated heterocycles. The van der Waals surface area contributed by atoms with E-state index in [9.17, 15) is 0 Å². The zero-order valence-electron chi connectivity index (χ0n) is 11.9. The first kappa shape index (κ1) is 16.9. The molecule has 0 bridgehead atoms. The molecule has 2 aliphatic carbocycles. The normalized spacial score (nSPS) is 24.3. The van der Waals surface area contributed by atoms with Gasteiger partial charge < -0.3 is 5.32 Å². The SMILES string of the molecule is [CH]1[CH][CH][CH][CH]1.[CH]1[CH][CH][C](C2CCc3ccccc3N2)[CH]1.[Fe+2]. The van der Waals surface area contributed by atoms with Crippen LogP contribution in [0, 0.1) is 63.7 Å². The predicted octanol–water partition coefficient (Wildman–Crippen LogP) is 3.84. The molecule has 1 aromatic carbocycles. The Hall–Kier alpha value is -0.461. The molecular weight excluding hydrogens is 298 g/mol. The van der Waals surface area contributed by atoms with Gasteiger partial charge in [-0.15, -0.1) is 0 Å². The third kappa shape index (κ3) is 4.76. The molecule has 21 heavy (non-hydrogen) atoms. The van der Waals surface area contributed by atoms with E-state index in [0.29, 0.717) is 6.04 Å². The largest absolute Gasteiger partial charge is 2.00 e. The van der Waals surface area contributed by atoms with Gasteiger partial charge in [0.15, 0.2) is 0 Å². The van der Waals surface area contributed by atoms with Crippen LogP contribution in [0.1, 0.15) is 12.0 Å². The minimum absolute atomic E-state index is 0. The first-order chi connectivity index (χ1) is 9.93. The van der Waals surface area contributed by atoms with Crippen LogP contribution in [0.15, 0.2) is 24.3 Å². The average molecular weight is 317 g/mol. The minimum atomic E-state index is 0. The Kier molecular flexibility index (Phi) is 7.13. The van der Waals surface area contributed by atoms with Crippen LogP contribution in [-0.4, -0.2) is 6.04 Å². The van der Waals surface area contributed by atoms with Gasteiger partial charge in [-0.05, 0) is 82.3 Å². The molecule has 1 atom stereocenters. The predicted molar refractivity (Wildman–Crippen MR) is 84.1 cm³/mol. The molecule has 1 N–H and O–H groups in total. The van der Waals surface area contributed by atoms with Crippen molar-refractivity contribution in [1.82, 2.24) is 0 Å². The van der Waals surface area contributed by atoms with Crippen molar-refractivity contribution < 1.29 is 17.1 Å². The summed E-state index contributed by atoms with van der Waals surface area (Å²) >= 11 is 0. The molecule has 1 nitrogen and oxygen atoms in total. The van der Waals surface area contributed by atoms with E-state index in [2.05, 4.69) is 55.3 Å². The van der Waals surface area contributed by atoms with Crippen molar-refractivity contribution in [2.24, 2.45) is 0 Å². The van der Waals surface area contributed by atoms with Gasteiger partial charge in [-0.2, -0.15) is 0 Å². The Balaban J connectivity index is 0.000000231. The smallest absolute Gasteiger partial charge is 0.381 e. The second-order valence-corrected chi connectivity index (χ2v) is 5.07. The van der Waals surface area contributed by atoms with Gasteiger partial charge >= 0.3 is 17.1 Å². The maximum absolute atomic E-state index is 3.60. The first-order valence-corrected chi connectivity index (χ1v) is 7.16. The van der Waals surface area contributed by atoms with Crippen molar-refractivity contribution in [2.75, 3.05) is 5.32 Å². The molecular formula is C19H19FeN+2. The minimum Gasteiger partial charge on any atom is -0.381 e. The quantitative estimate of drug-likeness (QED) is 0.776. The van der Waals surface area contributed by atoms with Crippen molar-refractivity contribution in [1.29, 1.82) is 0 Å². The number of anilines is 1. The molecule has 1 aromatic rings. The fraction of sp³-hybridized carbons (Fsp3) is 0.158. The topological polar surface area (TPSA) is 12.0 Å². The number of aryl methyl sites for hydroxylation is 1. The van der Waals surface area contributed by atoms with Crippen molar-refractivity contribution >= 4 is 5.69 Å². The third-order valence-electron chi connectivity index (χ3n) is 3.70. The van der Waals surface area contributed by atoms with Gasteiger partial charge in [0, 0.05) is 17.6 Å². The number of rotatable bonds is 1. The molecule has 0 spiro atoms. The summed E-state index contributed by atoms with van der Waals surface area (Å²) < 4.78 is 0. The molecule has 4 rings (SSSR count). The van der Waals surface area contributed by atoms with E-state index in [1.54, 1.807) is 0 Å². The number of fused-ring (bicyclic) bond motifs is 1. The van der Waals surface area contributed by atoms with E-state index in [1.807, 2.05) is 32.1 Å². The zero-order chi connectivity index (χ0) is 13.6. The van der Waals surface area contributed by atoms with Crippen LogP contribution in [0.25, 0.3) is 0 Å². The second kappa shape index (κ2) is 8.86. The summed E-state index contributed by atoms with van der Waals surface area (Å²) in [5, 5.41) is 3.60. The van der Waals surface area contributed by atoms with Gasteiger partial charge in [-0.1, -0.05) is 18.2 Å².